The van der Waals surface area contributed by atoms with E-state index in [4.69, 9.17) is 0 Å². The van der Waals surface area contributed by atoms with Crippen molar-refractivity contribution in [3.8, 4) is 33.4 Å². The zero-order valence-corrected chi connectivity index (χ0v) is 35.1. The van der Waals surface area contributed by atoms with Crippen LogP contribution in [0.2, 0.25) is 0 Å². The molecule has 0 N–H and O–H groups in total. The van der Waals surface area contributed by atoms with Crippen molar-refractivity contribution in [3.05, 3.63) is 205 Å². The molecule has 1 heteroatoms. The second-order valence-corrected chi connectivity index (χ2v) is 19.7. The van der Waals surface area contributed by atoms with E-state index < -0.39 is 0 Å². The third-order valence-electron chi connectivity index (χ3n) is 16.1. The van der Waals surface area contributed by atoms with Crippen molar-refractivity contribution in [3.63, 3.8) is 0 Å². The van der Waals surface area contributed by atoms with Crippen LogP contribution in [0.4, 0.5) is 11.4 Å². The second-order valence-electron chi connectivity index (χ2n) is 19.7. The molecule has 1 nitrogen and oxygen atoms in total. The van der Waals surface area contributed by atoms with Crippen LogP contribution in [0.5, 0.6) is 0 Å². The minimum Gasteiger partial charge on any atom is -0.332 e. The third-order valence-corrected chi connectivity index (χ3v) is 16.1. The van der Waals surface area contributed by atoms with Gasteiger partial charge in [-0.25, -0.2) is 0 Å². The summed E-state index contributed by atoms with van der Waals surface area (Å²) in [6.07, 6.45) is 15.1. The summed E-state index contributed by atoms with van der Waals surface area (Å²) in [5, 5.41) is 2.85. The quantitative estimate of drug-likeness (QED) is 0.149. The summed E-state index contributed by atoms with van der Waals surface area (Å²) in [6.45, 7) is 6.91. The Morgan fingerprint density at radius 3 is 1.77 bits per heavy atom. The molecule has 0 aliphatic heterocycles. The molecular formula is C59H53N. The Hall–Kier alpha value is -5.92. The van der Waals surface area contributed by atoms with Crippen LogP contribution in [0.15, 0.2) is 188 Å². The lowest BCUT2D eigenvalue weighted by molar-refractivity contribution is -0.394. The van der Waals surface area contributed by atoms with Crippen LogP contribution in [0.3, 0.4) is 0 Å². The van der Waals surface area contributed by atoms with Crippen LogP contribution in [0.25, 0.3) is 44.2 Å². The van der Waals surface area contributed by atoms with E-state index in [1.165, 1.54) is 92.3 Å². The summed E-state index contributed by atoms with van der Waals surface area (Å²) >= 11 is 0. The van der Waals surface area contributed by atoms with Crippen LogP contribution < -0.4 is 4.90 Å². The normalized spacial score (nSPS) is 26.8. The van der Waals surface area contributed by atoms with Gasteiger partial charge in [0.1, 0.15) is 0 Å². The van der Waals surface area contributed by atoms with Gasteiger partial charge in [0, 0.05) is 33.8 Å². The van der Waals surface area contributed by atoms with E-state index in [2.05, 4.69) is 214 Å². The summed E-state index contributed by atoms with van der Waals surface area (Å²) in [5.74, 6) is 3.01. The standard InChI is InChI=1S/C59H53N/c1-57(2,3)44-33-31-42(32-34-44)49-20-8-11-25-54(49)60(53-24-10-7-19-48(53)41-29-27-40(28-30-41)39-15-5-4-6-16-39)55-26-12-9-21-50(55)51-22-13-17-43-18-14-23-52(56(43)51)58-37-46-35-45-36-47(38-58)59(45,46)58/h4-34,45-47,49,54H,35-38H2,1-3H3. The van der Waals surface area contributed by atoms with E-state index in [9.17, 15) is 0 Å². The Kier molecular flexibility index (Phi) is 7.97. The largest absolute Gasteiger partial charge is 0.332 e. The molecule has 0 bridgehead atoms. The fourth-order valence-electron chi connectivity index (χ4n) is 13.5. The highest BCUT2D eigenvalue weighted by molar-refractivity contribution is 6.04. The highest BCUT2D eigenvalue weighted by Gasteiger charge is 2.87. The molecule has 0 amide bonds. The molecule has 4 unspecified atom stereocenters. The fourth-order valence-corrected chi connectivity index (χ4v) is 13.5. The van der Waals surface area contributed by atoms with Crippen molar-refractivity contribution in [1.29, 1.82) is 0 Å². The highest BCUT2D eigenvalue weighted by atomic mass is 15.2. The maximum Gasteiger partial charge on any atom is 0.0629 e. The van der Waals surface area contributed by atoms with Crippen LogP contribution in [0, 0.1) is 23.2 Å². The molecule has 0 aromatic heterocycles. The maximum absolute atomic E-state index is 2.68. The van der Waals surface area contributed by atoms with Crippen molar-refractivity contribution in [2.75, 3.05) is 4.90 Å². The van der Waals surface area contributed by atoms with Gasteiger partial charge in [-0.1, -0.05) is 197 Å². The van der Waals surface area contributed by atoms with Gasteiger partial charge in [-0.15, -0.1) is 0 Å². The van der Waals surface area contributed by atoms with E-state index >= 15 is 0 Å². The predicted molar refractivity (Wildman–Crippen MR) is 252 cm³/mol. The maximum atomic E-state index is 2.68. The SMILES string of the molecule is CC(C)(C)c1ccc(C2C=CC=CC2N(c2ccccc2-c2ccc(-c3ccccc3)cc2)c2ccccc2-c2cccc3cccc(C45CC6CC7CC(C4)C765)c23)cc1. The van der Waals surface area contributed by atoms with Crippen molar-refractivity contribution in [2.24, 2.45) is 23.2 Å². The molecule has 12 rings (SSSR count). The smallest absolute Gasteiger partial charge is 0.0629 e. The first-order valence-electron chi connectivity index (χ1n) is 22.5. The van der Waals surface area contributed by atoms with E-state index in [0.717, 1.165) is 17.8 Å². The molecule has 1 spiro atoms. The Morgan fingerprint density at radius 2 is 1.08 bits per heavy atom. The molecule has 7 aromatic rings. The lowest BCUT2D eigenvalue weighted by atomic mass is 9.12. The minimum absolute atomic E-state index is 0.0267. The monoisotopic (exact) mass is 775 g/mol. The fraction of sp³-hybridized carbons (Fsp3) is 0.254. The molecule has 4 fully saturated rings. The minimum atomic E-state index is 0.0267. The van der Waals surface area contributed by atoms with E-state index in [0.29, 0.717) is 10.8 Å². The van der Waals surface area contributed by atoms with Gasteiger partial charge in [0.15, 0.2) is 0 Å². The topological polar surface area (TPSA) is 3.24 Å². The van der Waals surface area contributed by atoms with Crippen LogP contribution in [0.1, 0.15) is 69.1 Å². The lowest BCUT2D eigenvalue weighted by Crippen LogP contribution is -2.87. The Balaban J connectivity index is 1.05. The number of anilines is 2. The van der Waals surface area contributed by atoms with Crippen molar-refractivity contribution in [2.45, 2.75) is 69.2 Å². The lowest BCUT2D eigenvalue weighted by Gasteiger charge is -2.91. The molecule has 5 aliphatic carbocycles. The first kappa shape index (κ1) is 36.0. The van der Waals surface area contributed by atoms with Gasteiger partial charge in [-0.3, -0.25) is 0 Å². The molecule has 5 aliphatic rings. The van der Waals surface area contributed by atoms with Crippen LogP contribution >= 0.6 is 0 Å². The predicted octanol–water partition coefficient (Wildman–Crippen LogP) is 15.2. The summed E-state index contributed by atoms with van der Waals surface area (Å²) in [7, 11) is 0. The van der Waals surface area contributed by atoms with Crippen molar-refractivity contribution in [1.82, 2.24) is 0 Å². The Morgan fingerprint density at radius 1 is 0.500 bits per heavy atom. The van der Waals surface area contributed by atoms with Crippen LogP contribution in [-0.4, -0.2) is 6.04 Å². The molecular weight excluding hydrogens is 723 g/mol. The number of hydrogen-bond acceptors (Lipinski definition) is 1. The second kappa shape index (κ2) is 13.3. The zero-order valence-electron chi connectivity index (χ0n) is 35.1. The first-order chi connectivity index (χ1) is 29.3. The van der Waals surface area contributed by atoms with Crippen molar-refractivity contribution >= 4 is 22.1 Å². The third kappa shape index (κ3) is 5.05. The van der Waals surface area contributed by atoms with E-state index in [1.54, 1.807) is 5.56 Å². The number of rotatable bonds is 8. The average molecular weight is 776 g/mol. The Labute approximate surface area is 356 Å². The molecule has 0 saturated heterocycles. The molecule has 4 atom stereocenters. The van der Waals surface area contributed by atoms with Gasteiger partial charge < -0.3 is 4.90 Å². The van der Waals surface area contributed by atoms with E-state index in [-0.39, 0.29) is 17.4 Å². The molecule has 294 valence electrons. The molecule has 60 heavy (non-hydrogen) atoms. The van der Waals surface area contributed by atoms with E-state index in [1.807, 2.05) is 0 Å². The van der Waals surface area contributed by atoms with Crippen molar-refractivity contribution < 1.29 is 0 Å². The van der Waals surface area contributed by atoms with Gasteiger partial charge >= 0.3 is 0 Å². The molecule has 7 aromatic carbocycles. The molecule has 0 radical (unpaired) electrons. The summed E-state index contributed by atoms with van der Waals surface area (Å²) in [6, 6.07) is 62.1. The molecule has 4 saturated carbocycles. The number of fused-ring (bicyclic) bond motifs is 1. The van der Waals surface area contributed by atoms with Gasteiger partial charge in [0.2, 0.25) is 0 Å². The Bertz CT molecular complexity index is 2800. The zero-order chi connectivity index (χ0) is 40.2. The summed E-state index contributed by atoms with van der Waals surface area (Å²) in [4.78, 5) is 2.68. The summed E-state index contributed by atoms with van der Waals surface area (Å²) in [5.41, 5.74) is 15.4. The van der Waals surface area contributed by atoms with Crippen LogP contribution in [-0.2, 0) is 10.8 Å². The average Bonchev–Trinajstić information content (AvgIpc) is 3.26. The number of allylic oxidation sites excluding steroid dienone is 2. The highest BCUT2D eigenvalue weighted by Crippen LogP contribution is 2.93. The summed E-state index contributed by atoms with van der Waals surface area (Å²) < 4.78 is 0. The first-order valence-corrected chi connectivity index (χ1v) is 22.5. The molecule has 0 heterocycles. The van der Waals surface area contributed by atoms with Gasteiger partial charge in [-0.2, -0.15) is 0 Å². The van der Waals surface area contributed by atoms with Gasteiger partial charge in [0.25, 0.3) is 0 Å². The van der Waals surface area contributed by atoms with Gasteiger partial charge in [0.05, 0.1) is 6.04 Å². The van der Waals surface area contributed by atoms with Gasteiger partial charge in [-0.05, 0) is 116 Å². The number of para-hydroxylation sites is 2. The number of benzene rings is 7. The number of nitrogens with zero attached hydrogens (tertiary/aromatic N) is 1. The number of hydrogen-bond donors (Lipinski definition) is 0.